The molecule has 1 atom stereocenters. The number of nitrogens with one attached hydrogen (secondary N) is 2. The zero-order chi connectivity index (χ0) is 20.2. The van der Waals surface area contributed by atoms with Gasteiger partial charge < -0.3 is 10.1 Å². The lowest BCUT2D eigenvalue weighted by molar-refractivity contribution is 0.0501. The van der Waals surface area contributed by atoms with Gasteiger partial charge in [0.2, 0.25) is 10.0 Å². The lowest BCUT2D eigenvalue weighted by Gasteiger charge is -2.24. The molecule has 0 aromatic heterocycles. The van der Waals surface area contributed by atoms with Gasteiger partial charge in [0.05, 0.1) is 4.90 Å². The van der Waals surface area contributed by atoms with Gasteiger partial charge in [-0.2, -0.15) is 4.72 Å². The average molecular weight is 411 g/mol. The van der Waals surface area contributed by atoms with Gasteiger partial charge in [-0.15, -0.1) is 0 Å². The Bertz CT molecular complexity index is 889. The smallest absolute Gasteiger partial charge is 0.409 e. The van der Waals surface area contributed by atoms with E-state index in [1.54, 1.807) is 57.2 Å². The molecule has 0 saturated carbocycles. The van der Waals surface area contributed by atoms with Gasteiger partial charge in [-0.25, -0.2) is 13.2 Å². The third-order valence-electron chi connectivity index (χ3n) is 3.47. The highest BCUT2D eigenvalue weighted by Gasteiger charge is 2.25. The summed E-state index contributed by atoms with van der Waals surface area (Å²) in [6.45, 7) is 7.03. The number of hydrogen-bond acceptors (Lipinski definition) is 4. The SMILES string of the molecule is Cc1ccc(S(=O)(=O)NC(NC(=O)OC(C)(C)C)c2ccc(Cl)cc2)cc1. The molecule has 6 nitrogen and oxygen atoms in total. The van der Waals surface area contributed by atoms with Gasteiger partial charge in [-0.1, -0.05) is 41.4 Å². The molecule has 0 fully saturated rings. The monoisotopic (exact) mass is 410 g/mol. The van der Waals surface area contributed by atoms with E-state index in [9.17, 15) is 13.2 Å². The Morgan fingerprint density at radius 1 is 1.04 bits per heavy atom. The Morgan fingerprint density at radius 3 is 2.11 bits per heavy atom. The van der Waals surface area contributed by atoms with Crippen molar-refractivity contribution in [1.29, 1.82) is 0 Å². The van der Waals surface area contributed by atoms with Crippen molar-refractivity contribution in [1.82, 2.24) is 10.0 Å². The topological polar surface area (TPSA) is 84.5 Å². The van der Waals surface area contributed by atoms with Gasteiger partial charge in [0.1, 0.15) is 11.8 Å². The van der Waals surface area contributed by atoms with E-state index in [0.29, 0.717) is 10.6 Å². The minimum Gasteiger partial charge on any atom is -0.444 e. The van der Waals surface area contributed by atoms with Gasteiger partial charge in [0.25, 0.3) is 0 Å². The number of halogens is 1. The average Bonchev–Trinajstić information content (AvgIpc) is 2.53. The Hall–Kier alpha value is -2.09. The maximum atomic E-state index is 12.7. The second-order valence-electron chi connectivity index (χ2n) is 7.07. The minimum absolute atomic E-state index is 0.0954. The molecule has 0 radical (unpaired) electrons. The van der Waals surface area contributed by atoms with E-state index >= 15 is 0 Å². The van der Waals surface area contributed by atoms with Crippen LogP contribution in [0.3, 0.4) is 0 Å². The molecule has 0 aliphatic rings. The second-order valence-corrected chi connectivity index (χ2v) is 9.22. The molecular weight excluding hydrogens is 388 g/mol. The summed E-state index contributed by atoms with van der Waals surface area (Å²) in [5.74, 6) is 0. The zero-order valence-electron chi connectivity index (χ0n) is 15.6. The van der Waals surface area contributed by atoms with Crippen molar-refractivity contribution in [3.8, 4) is 0 Å². The first kappa shape index (κ1) is 21.2. The Balaban J connectivity index is 2.30. The summed E-state index contributed by atoms with van der Waals surface area (Å²) in [4.78, 5) is 12.3. The highest BCUT2D eigenvalue weighted by atomic mass is 35.5. The number of hydrogen-bond donors (Lipinski definition) is 2. The van der Waals surface area contributed by atoms with Crippen LogP contribution in [-0.2, 0) is 14.8 Å². The molecule has 0 heterocycles. The van der Waals surface area contributed by atoms with Crippen LogP contribution in [0.25, 0.3) is 0 Å². The van der Waals surface area contributed by atoms with Crippen LogP contribution in [-0.4, -0.2) is 20.1 Å². The first-order valence-corrected chi connectivity index (χ1v) is 10.2. The third kappa shape index (κ3) is 6.53. The molecule has 2 aromatic carbocycles. The van der Waals surface area contributed by atoms with Crippen LogP contribution in [0.1, 0.15) is 38.1 Å². The molecule has 2 aromatic rings. The number of amides is 1. The van der Waals surface area contributed by atoms with Crippen LogP contribution in [0.2, 0.25) is 5.02 Å². The molecule has 2 rings (SSSR count). The van der Waals surface area contributed by atoms with Crippen LogP contribution >= 0.6 is 11.6 Å². The first-order chi connectivity index (χ1) is 12.5. The maximum absolute atomic E-state index is 12.7. The van der Waals surface area contributed by atoms with Gasteiger partial charge in [0, 0.05) is 5.02 Å². The minimum atomic E-state index is -3.88. The molecule has 1 unspecified atom stereocenters. The molecule has 1 amide bonds. The lowest BCUT2D eigenvalue weighted by atomic mass is 10.2. The van der Waals surface area contributed by atoms with Gasteiger partial charge in [-0.3, -0.25) is 0 Å². The number of sulfonamides is 1. The molecule has 0 saturated heterocycles. The number of alkyl carbamates (subject to hydrolysis) is 1. The number of carbonyl (C=O) groups excluding carboxylic acids is 1. The van der Waals surface area contributed by atoms with Gasteiger partial charge in [-0.05, 0) is 57.5 Å². The van der Waals surface area contributed by atoms with Gasteiger partial charge in [0.15, 0.2) is 0 Å². The number of aryl methyl sites for hydroxylation is 1. The van der Waals surface area contributed by atoms with Crippen LogP contribution < -0.4 is 10.0 Å². The van der Waals surface area contributed by atoms with E-state index < -0.39 is 27.9 Å². The molecule has 146 valence electrons. The van der Waals surface area contributed by atoms with Crippen molar-refractivity contribution in [2.24, 2.45) is 0 Å². The standard InChI is InChI=1S/C19H23ClN2O4S/c1-13-5-11-16(12-6-13)27(24,25)22-17(14-7-9-15(20)10-8-14)21-18(23)26-19(2,3)4/h5-12,17,22H,1-4H3,(H,21,23). The van der Waals surface area contributed by atoms with Crippen LogP contribution in [0, 0.1) is 6.92 Å². The Morgan fingerprint density at radius 2 is 1.59 bits per heavy atom. The number of carbonyl (C=O) groups is 1. The first-order valence-electron chi connectivity index (χ1n) is 8.30. The van der Waals surface area contributed by atoms with Crippen molar-refractivity contribution in [3.63, 3.8) is 0 Å². The zero-order valence-corrected chi connectivity index (χ0v) is 17.2. The molecular formula is C19H23ClN2O4S. The molecule has 8 heteroatoms. The largest absolute Gasteiger partial charge is 0.444 e. The van der Waals surface area contributed by atoms with Gasteiger partial charge >= 0.3 is 6.09 Å². The number of rotatable bonds is 5. The van der Waals surface area contributed by atoms with Crippen LogP contribution in [0.15, 0.2) is 53.4 Å². The number of ether oxygens (including phenoxy) is 1. The highest BCUT2D eigenvalue weighted by molar-refractivity contribution is 7.89. The third-order valence-corrected chi connectivity index (χ3v) is 5.16. The fourth-order valence-electron chi connectivity index (χ4n) is 2.20. The summed E-state index contributed by atoms with van der Waals surface area (Å²) in [6.07, 6.45) is -1.77. The molecule has 27 heavy (non-hydrogen) atoms. The van der Waals surface area contributed by atoms with Crippen LogP contribution in [0.5, 0.6) is 0 Å². The summed E-state index contributed by atoms with van der Waals surface area (Å²) in [5, 5.41) is 3.05. The summed E-state index contributed by atoms with van der Waals surface area (Å²) in [5.41, 5.74) is 0.737. The summed E-state index contributed by atoms with van der Waals surface area (Å²) < 4.78 is 33.2. The van der Waals surface area contributed by atoms with Crippen molar-refractivity contribution < 1.29 is 17.9 Å². The number of benzene rings is 2. The van der Waals surface area contributed by atoms with E-state index in [4.69, 9.17) is 16.3 Å². The van der Waals surface area contributed by atoms with E-state index in [0.717, 1.165) is 5.56 Å². The summed E-state index contributed by atoms with van der Waals surface area (Å²) in [6, 6.07) is 12.9. The quantitative estimate of drug-likeness (QED) is 0.725. The maximum Gasteiger partial charge on any atom is 0.409 e. The normalized spacial score (nSPS) is 13.1. The van der Waals surface area contributed by atoms with Crippen molar-refractivity contribution >= 4 is 27.7 Å². The van der Waals surface area contributed by atoms with E-state index in [1.807, 2.05) is 6.92 Å². The van der Waals surface area contributed by atoms with Crippen LogP contribution in [0.4, 0.5) is 4.79 Å². The fraction of sp³-hybridized carbons (Fsp3) is 0.316. The van der Waals surface area contributed by atoms with E-state index in [2.05, 4.69) is 10.0 Å². The van der Waals surface area contributed by atoms with Crippen molar-refractivity contribution in [3.05, 3.63) is 64.7 Å². The molecule has 0 aliphatic carbocycles. The van der Waals surface area contributed by atoms with Crippen molar-refractivity contribution in [2.75, 3.05) is 0 Å². The second kappa shape index (κ2) is 8.29. The lowest BCUT2D eigenvalue weighted by Crippen LogP contribution is -2.43. The van der Waals surface area contributed by atoms with E-state index in [-0.39, 0.29) is 4.90 Å². The predicted molar refractivity (Wildman–Crippen MR) is 105 cm³/mol. The summed E-state index contributed by atoms with van der Waals surface area (Å²) in [7, 11) is -3.88. The Kier molecular flexibility index (Phi) is 6.51. The molecule has 0 spiro atoms. The highest BCUT2D eigenvalue weighted by Crippen LogP contribution is 2.19. The predicted octanol–water partition coefficient (Wildman–Crippen LogP) is 4.15. The molecule has 0 bridgehead atoms. The Labute approximate surface area is 164 Å². The molecule has 2 N–H and O–H groups in total. The fourth-order valence-corrected chi connectivity index (χ4v) is 3.46. The molecule has 0 aliphatic heterocycles. The summed E-state index contributed by atoms with van der Waals surface area (Å²) >= 11 is 5.90. The van der Waals surface area contributed by atoms with Crippen molar-refractivity contribution in [2.45, 2.75) is 44.4 Å². The van der Waals surface area contributed by atoms with E-state index in [1.165, 1.54) is 12.1 Å².